The molecule has 0 aromatic carbocycles. The number of hydrogen-bond donors (Lipinski definition) is 0. The van der Waals surface area contributed by atoms with Gasteiger partial charge < -0.3 is 4.90 Å². The molecule has 0 atom stereocenters. The molecule has 0 saturated carbocycles. The highest BCUT2D eigenvalue weighted by atomic mass is 32.2. The summed E-state index contributed by atoms with van der Waals surface area (Å²) in [5, 5.41) is 0. The zero-order valence-corrected chi connectivity index (χ0v) is 20.4. The molecular formula is C24H30N4O2S2. The Labute approximate surface area is 198 Å². The van der Waals surface area contributed by atoms with Crippen LogP contribution in [0.3, 0.4) is 0 Å². The quantitative estimate of drug-likeness (QED) is 0.315. The van der Waals surface area contributed by atoms with Crippen LogP contribution in [0.1, 0.15) is 63.0 Å². The second-order valence-electron chi connectivity index (χ2n) is 8.48. The Hall–Kier alpha value is -2.19. The number of aromatic nitrogens is 2. The van der Waals surface area contributed by atoms with E-state index in [0.717, 1.165) is 44.3 Å². The third-order valence-corrected chi connectivity index (χ3v) is 7.48. The lowest BCUT2D eigenvalue weighted by molar-refractivity contribution is -0.122. The average molecular weight is 471 g/mol. The third-order valence-electron chi connectivity index (χ3n) is 6.10. The number of carbonyl (C=O) groups is 1. The van der Waals surface area contributed by atoms with Crippen molar-refractivity contribution >= 4 is 51.7 Å². The minimum absolute atomic E-state index is 0.100. The Bertz CT molecular complexity index is 1120. The van der Waals surface area contributed by atoms with Crippen LogP contribution in [0.5, 0.6) is 0 Å². The Kier molecular flexibility index (Phi) is 7.30. The topological polar surface area (TPSA) is 57.9 Å². The molecule has 0 aliphatic carbocycles. The highest BCUT2D eigenvalue weighted by Crippen LogP contribution is 2.34. The molecule has 2 aromatic rings. The number of pyridine rings is 1. The van der Waals surface area contributed by atoms with E-state index in [1.807, 2.05) is 19.1 Å². The molecule has 8 heteroatoms. The van der Waals surface area contributed by atoms with Gasteiger partial charge in [0.25, 0.3) is 11.5 Å². The Morgan fingerprint density at radius 2 is 1.91 bits per heavy atom. The van der Waals surface area contributed by atoms with E-state index in [1.54, 1.807) is 21.6 Å². The predicted molar refractivity (Wildman–Crippen MR) is 136 cm³/mol. The Balaban J connectivity index is 1.68. The van der Waals surface area contributed by atoms with E-state index in [1.165, 1.54) is 31.0 Å². The summed E-state index contributed by atoms with van der Waals surface area (Å²) in [6.45, 7) is 6.52. The lowest BCUT2D eigenvalue weighted by Gasteiger charge is -2.20. The van der Waals surface area contributed by atoms with E-state index in [2.05, 4.69) is 11.8 Å². The van der Waals surface area contributed by atoms with Gasteiger partial charge in [-0.15, -0.1) is 0 Å². The summed E-state index contributed by atoms with van der Waals surface area (Å²) in [6, 6.07) is 3.81. The van der Waals surface area contributed by atoms with Crippen LogP contribution in [0.4, 0.5) is 5.82 Å². The van der Waals surface area contributed by atoms with Gasteiger partial charge in [0, 0.05) is 25.8 Å². The number of amides is 1. The standard InChI is InChI=1S/C24H30N4O2S2/c1-3-4-5-6-7-14-28-23(30)19(32-24(28)31)16-18-21(26-12-8-9-13-26)25-20-17(2)11-10-15-27(20)22(18)29/h10-11,15-16H,3-9,12-14H2,1-2H3/b19-16-. The van der Waals surface area contributed by atoms with Crippen molar-refractivity contribution in [1.82, 2.24) is 14.3 Å². The molecule has 4 heterocycles. The van der Waals surface area contributed by atoms with Gasteiger partial charge in [-0.3, -0.25) is 18.9 Å². The highest BCUT2D eigenvalue weighted by molar-refractivity contribution is 8.26. The molecule has 0 unspecified atom stereocenters. The fraction of sp³-hybridized carbons (Fsp3) is 0.500. The van der Waals surface area contributed by atoms with Crippen LogP contribution in [0.2, 0.25) is 0 Å². The van der Waals surface area contributed by atoms with E-state index < -0.39 is 0 Å². The number of hydrogen-bond acceptors (Lipinski definition) is 6. The van der Waals surface area contributed by atoms with Gasteiger partial charge in [-0.2, -0.15) is 0 Å². The Morgan fingerprint density at radius 1 is 1.16 bits per heavy atom. The van der Waals surface area contributed by atoms with Crippen molar-refractivity contribution in [3.05, 3.63) is 44.7 Å². The number of nitrogens with zero attached hydrogens (tertiary/aromatic N) is 4. The molecule has 6 nitrogen and oxygen atoms in total. The van der Waals surface area contributed by atoms with Crippen LogP contribution < -0.4 is 10.5 Å². The molecular weight excluding hydrogens is 440 g/mol. The zero-order chi connectivity index (χ0) is 22.7. The second kappa shape index (κ2) is 10.2. The molecule has 2 aliphatic rings. The number of thioether (sulfide) groups is 1. The fourth-order valence-corrected chi connectivity index (χ4v) is 5.58. The average Bonchev–Trinajstić information content (AvgIpc) is 3.40. The van der Waals surface area contributed by atoms with Crippen LogP contribution in [-0.4, -0.2) is 44.1 Å². The first kappa shape index (κ1) is 23.0. The molecule has 0 N–H and O–H groups in total. The minimum Gasteiger partial charge on any atom is -0.356 e. The van der Waals surface area contributed by atoms with Gasteiger partial charge in [-0.25, -0.2) is 4.98 Å². The molecule has 32 heavy (non-hydrogen) atoms. The van der Waals surface area contributed by atoms with E-state index in [4.69, 9.17) is 17.2 Å². The lowest BCUT2D eigenvalue weighted by Crippen LogP contribution is -2.29. The molecule has 4 rings (SSSR count). The summed E-state index contributed by atoms with van der Waals surface area (Å²) < 4.78 is 2.15. The van der Waals surface area contributed by atoms with Crippen molar-refractivity contribution < 1.29 is 4.79 Å². The molecule has 2 aromatic heterocycles. The minimum atomic E-state index is -0.148. The third kappa shape index (κ3) is 4.62. The number of thiocarbonyl (C=S) groups is 1. The summed E-state index contributed by atoms with van der Waals surface area (Å²) in [4.78, 5) is 35.8. The molecule has 0 spiro atoms. The first-order valence-electron chi connectivity index (χ1n) is 11.5. The maximum Gasteiger partial charge on any atom is 0.267 e. The van der Waals surface area contributed by atoms with Gasteiger partial charge >= 0.3 is 0 Å². The van der Waals surface area contributed by atoms with Gasteiger partial charge in [0.15, 0.2) is 0 Å². The number of aryl methyl sites for hydroxylation is 1. The first-order chi connectivity index (χ1) is 15.5. The largest absolute Gasteiger partial charge is 0.356 e. The number of rotatable bonds is 8. The number of fused-ring (bicyclic) bond motifs is 1. The molecule has 2 fully saturated rings. The summed E-state index contributed by atoms with van der Waals surface area (Å²) in [5.74, 6) is 0.572. The van der Waals surface area contributed by atoms with Gasteiger partial charge in [0.05, 0.1) is 10.5 Å². The molecule has 0 radical (unpaired) electrons. The second-order valence-corrected chi connectivity index (χ2v) is 10.2. The maximum absolute atomic E-state index is 13.5. The molecule has 2 saturated heterocycles. The van der Waals surface area contributed by atoms with Crippen LogP contribution >= 0.6 is 24.0 Å². The Morgan fingerprint density at radius 3 is 2.66 bits per heavy atom. The van der Waals surface area contributed by atoms with Gasteiger partial charge in [-0.05, 0) is 43.9 Å². The summed E-state index contributed by atoms with van der Waals surface area (Å²) in [6.07, 6.45) is 11.2. The molecule has 1 amide bonds. The van der Waals surface area contributed by atoms with Gasteiger partial charge in [0.2, 0.25) is 0 Å². The maximum atomic E-state index is 13.5. The molecule has 170 valence electrons. The van der Waals surface area contributed by atoms with Crippen molar-refractivity contribution in [2.75, 3.05) is 24.5 Å². The normalized spacial score (nSPS) is 18.0. The molecule has 0 bridgehead atoms. The van der Waals surface area contributed by atoms with E-state index in [0.29, 0.717) is 32.8 Å². The first-order valence-corrected chi connectivity index (χ1v) is 12.8. The van der Waals surface area contributed by atoms with E-state index in [-0.39, 0.29) is 11.5 Å². The summed E-state index contributed by atoms with van der Waals surface area (Å²) in [5.41, 5.74) is 1.94. The number of carbonyl (C=O) groups excluding carboxylic acids is 1. The van der Waals surface area contributed by atoms with Crippen LogP contribution in [0.25, 0.3) is 11.7 Å². The fourth-order valence-electron chi connectivity index (χ4n) is 4.29. The van der Waals surface area contributed by atoms with Crippen molar-refractivity contribution in [3.8, 4) is 0 Å². The number of anilines is 1. The van der Waals surface area contributed by atoms with Crippen LogP contribution in [-0.2, 0) is 4.79 Å². The van der Waals surface area contributed by atoms with Crippen molar-refractivity contribution in [3.63, 3.8) is 0 Å². The van der Waals surface area contributed by atoms with Gasteiger partial charge in [-0.1, -0.05) is 62.7 Å². The molecule has 2 aliphatic heterocycles. The predicted octanol–water partition coefficient (Wildman–Crippen LogP) is 4.77. The van der Waals surface area contributed by atoms with Crippen LogP contribution in [0.15, 0.2) is 28.0 Å². The van der Waals surface area contributed by atoms with Crippen molar-refractivity contribution in [2.24, 2.45) is 0 Å². The van der Waals surface area contributed by atoms with E-state index >= 15 is 0 Å². The van der Waals surface area contributed by atoms with Gasteiger partial charge in [0.1, 0.15) is 15.8 Å². The monoisotopic (exact) mass is 470 g/mol. The van der Waals surface area contributed by atoms with Crippen molar-refractivity contribution in [1.29, 1.82) is 0 Å². The SMILES string of the molecule is CCCCCCCN1C(=O)/C(=C/c2c(N3CCCC3)nc3c(C)cccn3c2=O)SC1=S. The summed E-state index contributed by atoms with van der Waals surface area (Å²) >= 11 is 6.78. The van der Waals surface area contributed by atoms with Crippen LogP contribution in [0, 0.1) is 6.92 Å². The zero-order valence-electron chi connectivity index (χ0n) is 18.8. The smallest absolute Gasteiger partial charge is 0.267 e. The number of unbranched alkanes of at least 4 members (excludes halogenated alkanes) is 4. The van der Waals surface area contributed by atoms with Crippen molar-refractivity contribution in [2.45, 2.75) is 58.8 Å². The summed E-state index contributed by atoms with van der Waals surface area (Å²) in [7, 11) is 0. The highest BCUT2D eigenvalue weighted by Gasteiger charge is 2.32. The van der Waals surface area contributed by atoms with E-state index in [9.17, 15) is 9.59 Å². The lowest BCUT2D eigenvalue weighted by atomic mass is 10.1.